The molecule has 15 heavy (non-hydrogen) atoms. The van der Waals surface area contributed by atoms with Gasteiger partial charge in [0.1, 0.15) is 0 Å². The van der Waals surface area contributed by atoms with Gasteiger partial charge in [-0.25, -0.2) is 0 Å². The van der Waals surface area contributed by atoms with Crippen molar-refractivity contribution in [3.05, 3.63) is 0 Å². The molecule has 0 unspecified atom stereocenters. The average Bonchev–Trinajstić information content (AvgIpc) is 2.19. The van der Waals surface area contributed by atoms with Crippen LogP contribution in [0.2, 0.25) is 0 Å². The van der Waals surface area contributed by atoms with Gasteiger partial charge in [0.15, 0.2) is 0 Å². The summed E-state index contributed by atoms with van der Waals surface area (Å²) in [4.78, 5) is 0. The Balaban J connectivity index is 4.18. The van der Waals surface area contributed by atoms with Gasteiger partial charge in [0.05, 0.1) is 0 Å². The minimum absolute atomic E-state index is 0.585. The van der Waals surface area contributed by atoms with Gasteiger partial charge in [-0.3, -0.25) is 0 Å². The molecule has 0 aliphatic heterocycles. The molecule has 0 aromatic carbocycles. The fraction of sp³-hybridized carbons (Fsp3) is 1.00. The van der Waals surface area contributed by atoms with Crippen LogP contribution in [0.1, 0.15) is 33.6 Å². The zero-order valence-electron chi connectivity index (χ0n) is 9.88. The molecule has 0 saturated heterocycles. The van der Waals surface area contributed by atoms with E-state index >= 15 is 0 Å². The first-order chi connectivity index (χ1) is 7.24. The molecule has 4 nitrogen and oxygen atoms in total. The van der Waals surface area contributed by atoms with Crippen molar-refractivity contribution in [2.75, 3.05) is 26.4 Å². The third kappa shape index (κ3) is 6.79. The van der Waals surface area contributed by atoms with E-state index in [1.807, 2.05) is 20.8 Å². The Morgan fingerprint density at radius 1 is 0.933 bits per heavy atom. The van der Waals surface area contributed by atoms with Crippen molar-refractivity contribution in [1.82, 2.24) is 0 Å². The van der Waals surface area contributed by atoms with Crippen LogP contribution in [0.3, 0.4) is 0 Å². The Bertz CT molecular complexity index is 126. The summed E-state index contributed by atoms with van der Waals surface area (Å²) >= 11 is 0.775. The second-order valence-corrected chi connectivity index (χ2v) is 3.97. The summed E-state index contributed by atoms with van der Waals surface area (Å²) in [7, 11) is 0. The predicted molar refractivity (Wildman–Crippen MR) is 52.8 cm³/mol. The molecule has 5 heteroatoms. The Morgan fingerprint density at radius 3 is 1.73 bits per heavy atom. The molecule has 0 N–H and O–H groups in total. The zero-order chi connectivity index (χ0) is 11.6. The quantitative estimate of drug-likeness (QED) is 0.328. The number of hydrogen-bond donors (Lipinski definition) is 0. The molecule has 89 valence electrons. The number of hydrogen-bond acceptors (Lipinski definition) is 4. The van der Waals surface area contributed by atoms with E-state index in [2.05, 4.69) is 0 Å². The van der Waals surface area contributed by atoms with Crippen molar-refractivity contribution < 1.29 is 41.9 Å². The molecular weight excluding hydrogens is 363 g/mol. The summed E-state index contributed by atoms with van der Waals surface area (Å²) < 4.78 is 21.8. The van der Waals surface area contributed by atoms with Crippen molar-refractivity contribution in [2.24, 2.45) is 0 Å². The van der Waals surface area contributed by atoms with Gasteiger partial charge >= 0.3 is 108 Å². The summed E-state index contributed by atoms with van der Waals surface area (Å²) in [5.74, 6) is -0.863. The molecular formula is C10H21HfO4. The number of ether oxygens (including phenoxy) is 3. The Kier molecular flexibility index (Phi) is 10.4. The van der Waals surface area contributed by atoms with E-state index in [-0.39, 0.29) is 0 Å². The van der Waals surface area contributed by atoms with Crippen LogP contribution in [0.15, 0.2) is 0 Å². The third-order valence-corrected chi connectivity index (χ3v) is 2.56. The molecule has 0 fully saturated rings. The first-order valence-corrected chi connectivity index (χ1v) is 6.91. The summed E-state index contributed by atoms with van der Waals surface area (Å²) in [6, 6.07) is 0. The van der Waals surface area contributed by atoms with Gasteiger partial charge in [-0.2, -0.15) is 0 Å². The molecule has 0 aliphatic carbocycles. The molecule has 0 spiro atoms. The fourth-order valence-corrected chi connectivity index (χ4v) is 1.88. The van der Waals surface area contributed by atoms with Crippen molar-refractivity contribution in [1.29, 1.82) is 0 Å². The molecule has 0 atom stereocenters. The van der Waals surface area contributed by atoms with Gasteiger partial charge in [-0.05, 0) is 0 Å². The Hall–Kier alpha value is 0.710. The van der Waals surface area contributed by atoms with Crippen LogP contribution >= 0.6 is 0 Å². The normalized spacial score (nSPS) is 11.9. The average molecular weight is 384 g/mol. The summed E-state index contributed by atoms with van der Waals surface area (Å²) in [6.45, 7) is 8.33. The molecule has 0 radical (unpaired) electrons. The van der Waals surface area contributed by atoms with E-state index in [1.54, 1.807) is 0 Å². The molecule has 0 aliphatic rings. The van der Waals surface area contributed by atoms with E-state index in [0.717, 1.165) is 37.8 Å². The molecule has 0 heterocycles. The topological polar surface area (TPSA) is 36.9 Å². The first-order valence-electron chi connectivity index (χ1n) is 5.45. The van der Waals surface area contributed by atoms with Crippen LogP contribution in [0.25, 0.3) is 0 Å². The summed E-state index contributed by atoms with van der Waals surface area (Å²) in [6.07, 6.45) is 1.61. The van der Waals surface area contributed by atoms with Crippen molar-refractivity contribution in [3.8, 4) is 0 Å². The van der Waals surface area contributed by atoms with E-state index in [1.165, 1.54) is 0 Å². The molecule has 0 rings (SSSR count). The van der Waals surface area contributed by atoms with Crippen LogP contribution in [0.5, 0.6) is 0 Å². The monoisotopic (exact) mass is 385 g/mol. The van der Waals surface area contributed by atoms with Crippen molar-refractivity contribution >= 4 is 0 Å². The summed E-state index contributed by atoms with van der Waals surface area (Å²) in [5.41, 5.74) is 0. The third-order valence-electron chi connectivity index (χ3n) is 1.82. The van der Waals surface area contributed by atoms with Crippen LogP contribution < -0.4 is 0 Å². The van der Waals surface area contributed by atoms with E-state index in [4.69, 9.17) is 17.1 Å². The van der Waals surface area contributed by atoms with E-state index in [9.17, 15) is 0 Å². The molecule has 0 aromatic rings. The van der Waals surface area contributed by atoms with Gasteiger partial charge < -0.3 is 0 Å². The molecule has 0 aromatic heterocycles. The van der Waals surface area contributed by atoms with Gasteiger partial charge in [-0.15, -0.1) is 0 Å². The second kappa shape index (κ2) is 9.90. The minimum atomic E-state index is -0.863. The van der Waals surface area contributed by atoms with Gasteiger partial charge in [-0.1, -0.05) is 0 Å². The van der Waals surface area contributed by atoms with Crippen LogP contribution in [-0.4, -0.2) is 32.4 Å². The maximum atomic E-state index is 5.57. The van der Waals surface area contributed by atoms with Crippen molar-refractivity contribution in [3.63, 3.8) is 0 Å². The van der Waals surface area contributed by atoms with Gasteiger partial charge in [0, 0.05) is 0 Å². The molecule has 0 saturated carbocycles. The second-order valence-electron chi connectivity index (χ2n) is 2.93. The SMILES string of the molecule is CCOC(CCC[O][Hf])(OCC)OCC. The Morgan fingerprint density at radius 2 is 1.40 bits per heavy atom. The van der Waals surface area contributed by atoms with Crippen molar-refractivity contribution in [2.45, 2.75) is 39.6 Å². The van der Waals surface area contributed by atoms with Gasteiger partial charge in [0.2, 0.25) is 0 Å². The van der Waals surface area contributed by atoms with Crippen LogP contribution in [0, 0.1) is 0 Å². The first kappa shape index (κ1) is 15.7. The fourth-order valence-electron chi connectivity index (χ4n) is 1.36. The molecule has 0 bridgehead atoms. The summed E-state index contributed by atoms with van der Waals surface area (Å²) in [5, 5.41) is 0. The van der Waals surface area contributed by atoms with Crippen LogP contribution in [0.4, 0.5) is 0 Å². The predicted octanol–water partition coefficient (Wildman–Crippen LogP) is 2.01. The van der Waals surface area contributed by atoms with Gasteiger partial charge in [0.25, 0.3) is 0 Å². The number of rotatable bonds is 10. The van der Waals surface area contributed by atoms with Crippen LogP contribution in [-0.2, 0) is 41.9 Å². The Labute approximate surface area is 108 Å². The zero-order valence-corrected chi connectivity index (χ0v) is 13.5. The van der Waals surface area contributed by atoms with E-state index < -0.39 is 5.97 Å². The standard InChI is InChI=1S/C10H21O4.Hf/c1-4-12-10(13-5-2,14-6-3)8-7-9-11;/h4-9H2,1-3H3;/q-1;+1. The maximum absolute atomic E-state index is 5.57. The molecule has 0 amide bonds. The van der Waals surface area contributed by atoms with E-state index in [0.29, 0.717) is 26.2 Å².